The Kier molecular flexibility index (Phi) is 5.05. The number of fused-ring (bicyclic) bond motifs is 1. The van der Waals surface area contributed by atoms with Crippen LogP contribution in [-0.2, 0) is 13.0 Å². The number of aromatic hydroxyl groups is 1. The molecule has 0 spiro atoms. The van der Waals surface area contributed by atoms with E-state index in [2.05, 4.69) is 10.1 Å². The van der Waals surface area contributed by atoms with Crippen molar-refractivity contribution in [3.8, 4) is 11.6 Å². The molecule has 0 bridgehead atoms. The zero-order valence-electron chi connectivity index (χ0n) is 15.2. The molecule has 0 atom stereocenters. The van der Waals surface area contributed by atoms with Crippen LogP contribution in [0.5, 0.6) is 11.6 Å². The van der Waals surface area contributed by atoms with Crippen LogP contribution in [-0.4, -0.2) is 26.5 Å². The summed E-state index contributed by atoms with van der Waals surface area (Å²) in [5.41, 5.74) is 0.322. The summed E-state index contributed by atoms with van der Waals surface area (Å²) in [6.45, 7) is 0.402. The number of H-pyrrole nitrogens is 2. The first-order valence-corrected chi connectivity index (χ1v) is 9.67. The number of rotatable bonds is 6. The quantitative estimate of drug-likeness (QED) is 0.447. The standard InChI is InChI=1S/C20H17N3O5S/c24-17-14-3-1-2-4-15(14)19(26)23(22-17)9-10-28-13-7-5-12(6-8-13)11-16-18(25)21-20(27)29-16/h1-8,25H,9-11H2,(H,21,27)(H,22,24). The summed E-state index contributed by atoms with van der Waals surface area (Å²) in [7, 11) is 0. The van der Waals surface area contributed by atoms with Gasteiger partial charge in [0, 0.05) is 6.42 Å². The third-order valence-corrected chi connectivity index (χ3v) is 5.33. The second kappa shape index (κ2) is 7.80. The maximum absolute atomic E-state index is 12.5. The van der Waals surface area contributed by atoms with Crippen molar-refractivity contribution < 1.29 is 9.84 Å². The monoisotopic (exact) mass is 411 g/mol. The van der Waals surface area contributed by atoms with E-state index in [1.807, 2.05) is 12.1 Å². The minimum absolute atomic E-state index is 0.102. The van der Waals surface area contributed by atoms with Crippen LogP contribution in [0.15, 0.2) is 62.9 Å². The number of thiazole rings is 1. The fourth-order valence-corrected chi connectivity index (χ4v) is 3.78. The van der Waals surface area contributed by atoms with Crippen molar-refractivity contribution in [2.75, 3.05) is 6.61 Å². The Balaban J connectivity index is 1.41. The fraction of sp³-hybridized carbons (Fsp3) is 0.150. The molecule has 0 amide bonds. The highest BCUT2D eigenvalue weighted by molar-refractivity contribution is 7.09. The average Bonchev–Trinajstić information content (AvgIpc) is 3.04. The van der Waals surface area contributed by atoms with Gasteiger partial charge in [0.2, 0.25) is 5.88 Å². The van der Waals surface area contributed by atoms with Gasteiger partial charge in [-0.05, 0) is 29.8 Å². The van der Waals surface area contributed by atoms with E-state index in [4.69, 9.17) is 4.74 Å². The summed E-state index contributed by atoms with van der Waals surface area (Å²) in [6.07, 6.45) is 0.434. The molecule has 2 heterocycles. The first-order chi connectivity index (χ1) is 14.0. The average molecular weight is 411 g/mol. The molecule has 0 fully saturated rings. The molecule has 2 aromatic carbocycles. The van der Waals surface area contributed by atoms with Gasteiger partial charge in [0.1, 0.15) is 12.4 Å². The second-order valence-electron chi connectivity index (χ2n) is 6.40. The maximum Gasteiger partial charge on any atom is 0.307 e. The molecule has 4 aromatic rings. The smallest absolute Gasteiger partial charge is 0.307 e. The Morgan fingerprint density at radius 2 is 1.72 bits per heavy atom. The number of hydrogen-bond acceptors (Lipinski definition) is 6. The molecule has 2 aromatic heterocycles. The number of aromatic nitrogens is 3. The predicted octanol–water partition coefficient (Wildman–Crippen LogP) is 1.81. The van der Waals surface area contributed by atoms with Gasteiger partial charge in [-0.15, -0.1) is 0 Å². The lowest BCUT2D eigenvalue weighted by molar-refractivity contribution is 0.287. The van der Waals surface area contributed by atoms with Crippen molar-refractivity contribution in [3.05, 3.63) is 89.3 Å². The van der Waals surface area contributed by atoms with Crippen LogP contribution in [0.3, 0.4) is 0 Å². The maximum atomic E-state index is 12.5. The molecule has 3 N–H and O–H groups in total. The number of ether oxygens (including phenoxy) is 1. The molecule has 0 aliphatic heterocycles. The van der Waals surface area contributed by atoms with E-state index in [-0.39, 0.29) is 35.0 Å². The molecule has 4 rings (SSSR count). The first-order valence-electron chi connectivity index (χ1n) is 8.86. The summed E-state index contributed by atoms with van der Waals surface area (Å²) in [6, 6.07) is 13.9. The molecule has 9 heteroatoms. The first kappa shape index (κ1) is 18.8. The highest BCUT2D eigenvalue weighted by Gasteiger charge is 2.08. The minimum atomic E-state index is -0.320. The highest BCUT2D eigenvalue weighted by Crippen LogP contribution is 2.21. The van der Waals surface area contributed by atoms with Gasteiger partial charge in [0.15, 0.2) is 0 Å². The van der Waals surface area contributed by atoms with E-state index in [1.165, 1.54) is 4.68 Å². The van der Waals surface area contributed by atoms with Crippen LogP contribution in [0.2, 0.25) is 0 Å². The van der Waals surface area contributed by atoms with Crippen LogP contribution in [0, 0.1) is 0 Å². The van der Waals surface area contributed by atoms with Gasteiger partial charge in [-0.3, -0.25) is 24.5 Å². The molecule has 0 aliphatic carbocycles. The van der Waals surface area contributed by atoms with Crippen LogP contribution in [0.25, 0.3) is 10.8 Å². The van der Waals surface area contributed by atoms with Gasteiger partial charge >= 0.3 is 4.87 Å². The number of nitrogens with one attached hydrogen (secondary N) is 2. The minimum Gasteiger partial charge on any atom is -0.494 e. The molecule has 148 valence electrons. The summed E-state index contributed by atoms with van der Waals surface area (Å²) in [5, 5.41) is 13.0. The van der Waals surface area contributed by atoms with E-state index in [1.54, 1.807) is 36.4 Å². The molecule has 0 saturated carbocycles. The SMILES string of the molecule is O=c1[nH]c(O)c(Cc2ccc(OCCn3[nH]c(=O)c4ccccc4c3=O)cc2)s1. The van der Waals surface area contributed by atoms with Crippen LogP contribution >= 0.6 is 11.3 Å². The summed E-state index contributed by atoms with van der Waals surface area (Å²) >= 11 is 0.974. The van der Waals surface area contributed by atoms with Gasteiger partial charge in [0.05, 0.1) is 22.2 Å². The zero-order valence-corrected chi connectivity index (χ0v) is 16.0. The number of benzene rings is 2. The third-order valence-electron chi connectivity index (χ3n) is 4.46. The van der Waals surface area contributed by atoms with E-state index < -0.39 is 0 Å². The lowest BCUT2D eigenvalue weighted by Gasteiger charge is -2.09. The third kappa shape index (κ3) is 3.99. The topological polar surface area (TPSA) is 117 Å². The van der Waals surface area contributed by atoms with Gasteiger partial charge in [0.25, 0.3) is 11.1 Å². The molecule has 8 nitrogen and oxygen atoms in total. The van der Waals surface area contributed by atoms with Crippen LogP contribution in [0.4, 0.5) is 0 Å². The fourth-order valence-electron chi connectivity index (χ4n) is 3.02. The zero-order chi connectivity index (χ0) is 20.4. The largest absolute Gasteiger partial charge is 0.494 e. The Labute approximate surface area is 167 Å². The molecular formula is C20H17N3O5S. The van der Waals surface area contributed by atoms with Crippen molar-refractivity contribution >= 4 is 22.1 Å². The molecule has 29 heavy (non-hydrogen) atoms. The normalized spacial score (nSPS) is 11.0. The lowest BCUT2D eigenvalue weighted by Crippen LogP contribution is -2.31. The number of hydrogen-bond donors (Lipinski definition) is 3. The van der Waals surface area contributed by atoms with E-state index in [9.17, 15) is 19.5 Å². The summed E-state index contributed by atoms with van der Waals surface area (Å²) in [4.78, 5) is 38.4. The van der Waals surface area contributed by atoms with E-state index >= 15 is 0 Å². The predicted molar refractivity (Wildman–Crippen MR) is 110 cm³/mol. The Morgan fingerprint density at radius 3 is 2.41 bits per heavy atom. The Bertz CT molecular complexity index is 1330. The molecule has 0 saturated heterocycles. The van der Waals surface area contributed by atoms with Gasteiger partial charge < -0.3 is 9.84 Å². The van der Waals surface area contributed by atoms with E-state index in [0.29, 0.717) is 27.8 Å². The van der Waals surface area contributed by atoms with Crippen molar-refractivity contribution in [1.82, 2.24) is 14.8 Å². The lowest BCUT2D eigenvalue weighted by atomic mass is 10.1. The molecular weight excluding hydrogens is 394 g/mol. The van der Waals surface area contributed by atoms with Gasteiger partial charge in [-0.1, -0.05) is 35.6 Å². The Hall–Kier alpha value is -3.59. The molecule has 0 radical (unpaired) electrons. The summed E-state index contributed by atoms with van der Waals surface area (Å²) in [5.74, 6) is 0.506. The van der Waals surface area contributed by atoms with Crippen LogP contribution < -0.4 is 20.7 Å². The molecule has 0 unspecified atom stereocenters. The van der Waals surface area contributed by atoms with Crippen molar-refractivity contribution in [2.24, 2.45) is 0 Å². The molecule has 0 aliphatic rings. The van der Waals surface area contributed by atoms with Crippen molar-refractivity contribution in [1.29, 1.82) is 0 Å². The van der Waals surface area contributed by atoms with Gasteiger partial charge in [-0.25, -0.2) is 4.68 Å². The van der Waals surface area contributed by atoms with E-state index in [0.717, 1.165) is 16.9 Å². The Morgan fingerprint density at radius 1 is 1.00 bits per heavy atom. The second-order valence-corrected chi connectivity index (χ2v) is 7.47. The van der Waals surface area contributed by atoms with Crippen molar-refractivity contribution in [3.63, 3.8) is 0 Å². The number of aromatic amines is 2. The number of nitrogens with zero attached hydrogens (tertiary/aromatic N) is 1. The van der Waals surface area contributed by atoms with Gasteiger partial charge in [-0.2, -0.15) is 0 Å². The summed E-state index contributed by atoms with van der Waals surface area (Å²) < 4.78 is 6.91. The van der Waals surface area contributed by atoms with Crippen molar-refractivity contribution in [2.45, 2.75) is 13.0 Å². The van der Waals surface area contributed by atoms with Crippen LogP contribution in [0.1, 0.15) is 10.4 Å². The highest BCUT2D eigenvalue weighted by atomic mass is 32.1.